The second-order valence-electron chi connectivity index (χ2n) is 3.88. The summed E-state index contributed by atoms with van der Waals surface area (Å²) in [4.78, 5) is 12.0. The SMILES string of the molecule is [2H]C([2H])([2H])C([2H])([2H])C([2H])([2H])C([2H])([2H])C([2H])([2H])C([2H])([2H])C([2H])([2H])C([2H])([2H])C([2H])([2H])S(=O)(=O)Cc1ccccc1C(=O)OC. The van der Waals surface area contributed by atoms with Gasteiger partial charge in [-0.3, -0.25) is 0 Å². The van der Waals surface area contributed by atoms with Crippen LogP contribution in [0.15, 0.2) is 24.3 Å². The fourth-order valence-corrected chi connectivity index (χ4v) is 2.40. The first kappa shape index (κ1) is 5.58. The molecule has 0 saturated heterocycles. The lowest BCUT2D eigenvalue weighted by molar-refractivity contribution is 0.0600. The van der Waals surface area contributed by atoms with E-state index in [4.69, 9.17) is 26.0 Å². The molecule has 5 heteroatoms. The van der Waals surface area contributed by atoms with Crippen molar-refractivity contribution in [1.82, 2.24) is 0 Å². The lowest BCUT2D eigenvalue weighted by atomic mass is 10.1. The van der Waals surface area contributed by atoms with Crippen LogP contribution in [0.1, 0.15) is 93.4 Å². The van der Waals surface area contributed by atoms with Gasteiger partial charge in [-0.05, 0) is 18.0 Å². The molecule has 1 aromatic rings. The van der Waals surface area contributed by atoms with Gasteiger partial charge in [0, 0.05) is 26.0 Å². The zero-order valence-corrected chi connectivity index (χ0v) is 12.9. The molecular weight excluding hydrogens is 312 g/mol. The lowest BCUT2D eigenvalue weighted by Gasteiger charge is -2.09. The first-order valence-corrected chi connectivity index (χ1v) is 7.73. The first-order chi connectivity index (χ1) is 18.2. The van der Waals surface area contributed by atoms with Crippen molar-refractivity contribution in [2.45, 2.75) is 57.2 Å². The molecule has 0 aliphatic heterocycles. The van der Waals surface area contributed by atoms with Gasteiger partial charge in [0.1, 0.15) is 0 Å². The Morgan fingerprint density at radius 1 is 1.13 bits per heavy atom. The van der Waals surface area contributed by atoms with E-state index in [1.54, 1.807) is 0 Å². The number of benzene rings is 1. The molecular formula is C18H28O4S. The molecule has 0 heterocycles. The molecule has 0 aliphatic carbocycles. The fraction of sp³-hybridized carbons (Fsp3) is 0.611. The Balaban J connectivity index is 3.80. The van der Waals surface area contributed by atoms with E-state index in [2.05, 4.69) is 4.74 Å². The minimum Gasteiger partial charge on any atom is -0.465 e. The molecule has 0 atom stereocenters. The second-order valence-corrected chi connectivity index (χ2v) is 5.61. The van der Waals surface area contributed by atoms with Gasteiger partial charge in [-0.25, -0.2) is 13.2 Å². The van der Waals surface area contributed by atoms with E-state index in [0.717, 1.165) is 19.2 Å². The van der Waals surface area contributed by atoms with Crippen LogP contribution in [-0.2, 0) is 20.3 Å². The zero-order chi connectivity index (χ0) is 34.0. The summed E-state index contributed by atoms with van der Waals surface area (Å²) >= 11 is 0. The van der Waals surface area contributed by atoms with Crippen molar-refractivity contribution >= 4 is 15.8 Å². The van der Waals surface area contributed by atoms with Gasteiger partial charge in [0.2, 0.25) is 0 Å². The number of hydrogen-bond donors (Lipinski definition) is 0. The van der Waals surface area contributed by atoms with Crippen LogP contribution in [-0.4, -0.2) is 27.2 Å². The maximum Gasteiger partial charge on any atom is 0.338 e. The molecule has 130 valence electrons. The molecule has 23 heavy (non-hydrogen) atoms. The van der Waals surface area contributed by atoms with Crippen LogP contribution in [0, 0.1) is 0 Å². The molecule has 4 nitrogen and oxygen atoms in total. The van der Waals surface area contributed by atoms with Crippen molar-refractivity contribution in [3.63, 3.8) is 0 Å². The summed E-state index contributed by atoms with van der Waals surface area (Å²) in [6.07, 6.45) is -32.0. The molecule has 0 aromatic heterocycles. The normalized spacial score (nSPS) is 29.2. The number of carbonyl (C=O) groups is 1. The lowest BCUT2D eigenvalue weighted by Crippen LogP contribution is -2.13. The Kier molecular flexibility index (Phi) is 2.53. The standard InChI is InChI=1S/C18H28O4S/c1-3-4-5-6-7-8-11-14-23(20,21)15-16-12-9-10-13-17(16)18(19)22-2/h9-10,12-13H,3-8,11,14-15H2,1-2H3/i1D3,3D2,4D2,5D2,6D2,7D2,8D2,11D2,14D2. The maximum atomic E-state index is 13.2. The number of methoxy groups -OCH3 is 1. The van der Waals surface area contributed by atoms with E-state index in [-0.39, 0.29) is 0 Å². The Bertz CT molecular complexity index is 1280. The number of ether oxygens (including phenoxy) is 1. The van der Waals surface area contributed by atoms with Crippen molar-refractivity contribution in [3.8, 4) is 0 Å². The molecule has 0 radical (unpaired) electrons. The van der Waals surface area contributed by atoms with Gasteiger partial charge in [-0.2, -0.15) is 0 Å². The zero-order valence-electron chi connectivity index (χ0n) is 31.1. The minimum absolute atomic E-state index is 0.395. The predicted molar refractivity (Wildman–Crippen MR) is 93.3 cm³/mol. The molecule has 0 amide bonds. The molecule has 0 fully saturated rings. The molecule has 0 N–H and O–H groups in total. The summed E-state index contributed by atoms with van der Waals surface area (Å²) in [5, 5.41) is 0. The monoisotopic (exact) mass is 359 g/mol. The van der Waals surface area contributed by atoms with Crippen molar-refractivity contribution in [1.29, 1.82) is 0 Å². The summed E-state index contributed by atoms with van der Waals surface area (Å²) in [5.41, 5.74) is -5.28. The van der Waals surface area contributed by atoms with E-state index >= 15 is 0 Å². The van der Waals surface area contributed by atoms with Crippen molar-refractivity contribution in [2.75, 3.05) is 12.8 Å². The van der Waals surface area contributed by atoms with Crippen molar-refractivity contribution < 1.29 is 44.0 Å². The van der Waals surface area contributed by atoms with E-state index in [1.807, 2.05) is 0 Å². The van der Waals surface area contributed by atoms with Crippen LogP contribution in [0.4, 0.5) is 0 Å². The second kappa shape index (κ2) is 10.4. The number of carbonyl (C=O) groups excluding carboxylic acids is 1. The largest absolute Gasteiger partial charge is 0.465 e. The van der Waals surface area contributed by atoms with E-state index in [1.165, 1.54) is 12.1 Å². The molecule has 0 aliphatic rings. The highest BCUT2D eigenvalue weighted by Crippen LogP contribution is 2.16. The summed E-state index contributed by atoms with van der Waals surface area (Å²) < 4.78 is 180. The van der Waals surface area contributed by atoms with Gasteiger partial charge in [-0.15, -0.1) is 0 Å². The number of esters is 1. The third kappa shape index (κ3) is 7.64. The minimum atomic E-state index is -5.61. The summed E-state index contributed by atoms with van der Waals surface area (Å²) in [6.45, 7) is -3.97. The average molecular weight is 360 g/mol. The fourth-order valence-electron chi connectivity index (χ4n) is 1.46. The maximum absolute atomic E-state index is 13.2. The predicted octanol–water partition coefficient (Wildman–Crippen LogP) is 4.14. The highest BCUT2D eigenvalue weighted by atomic mass is 32.2. The molecule has 0 saturated carbocycles. The molecule has 1 aromatic carbocycles. The Morgan fingerprint density at radius 3 is 2.48 bits per heavy atom. The van der Waals surface area contributed by atoms with Crippen molar-refractivity contribution in [2.24, 2.45) is 0 Å². The van der Waals surface area contributed by atoms with E-state index < -0.39 is 89.9 Å². The third-order valence-corrected chi connectivity index (χ3v) is 3.45. The summed E-state index contributed by atoms with van der Waals surface area (Å²) in [5.74, 6) is -2.54. The molecule has 0 spiro atoms. The molecule has 1 rings (SSSR count). The van der Waals surface area contributed by atoms with E-state index in [9.17, 15) is 13.2 Å². The van der Waals surface area contributed by atoms with Gasteiger partial charge >= 0.3 is 5.97 Å². The highest BCUT2D eigenvalue weighted by Gasteiger charge is 2.17. The molecule has 0 unspecified atom stereocenters. The van der Waals surface area contributed by atoms with Crippen molar-refractivity contribution in [3.05, 3.63) is 35.4 Å². The van der Waals surface area contributed by atoms with Crippen LogP contribution in [0.25, 0.3) is 0 Å². The van der Waals surface area contributed by atoms with Crippen LogP contribution in [0.3, 0.4) is 0 Å². The Hall–Kier alpha value is -1.36. The van der Waals surface area contributed by atoms with Crippen LogP contribution in [0.2, 0.25) is 0 Å². The third-order valence-electron chi connectivity index (χ3n) is 2.35. The number of sulfone groups is 1. The van der Waals surface area contributed by atoms with Gasteiger partial charge in [0.15, 0.2) is 9.84 Å². The van der Waals surface area contributed by atoms with E-state index in [0.29, 0.717) is 0 Å². The first-order valence-electron chi connectivity index (χ1n) is 15.6. The Morgan fingerprint density at radius 2 is 1.78 bits per heavy atom. The van der Waals surface area contributed by atoms with Crippen LogP contribution in [0.5, 0.6) is 0 Å². The number of rotatable bonds is 11. The topological polar surface area (TPSA) is 60.4 Å². The summed E-state index contributed by atoms with van der Waals surface area (Å²) in [6, 6.07) is 4.62. The quantitative estimate of drug-likeness (QED) is 0.557. The molecule has 0 bridgehead atoms. The summed E-state index contributed by atoms with van der Waals surface area (Å²) in [7, 11) is -4.67. The smallest absolute Gasteiger partial charge is 0.338 e. The van der Waals surface area contributed by atoms with Gasteiger partial charge in [0.05, 0.1) is 24.1 Å². The van der Waals surface area contributed by atoms with Gasteiger partial charge in [-0.1, -0.05) is 63.3 Å². The van der Waals surface area contributed by atoms with Crippen LogP contribution >= 0.6 is 0 Å². The van der Waals surface area contributed by atoms with Crippen LogP contribution < -0.4 is 0 Å². The van der Waals surface area contributed by atoms with Gasteiger partial charge in [0.25, 0.3) is 0 Å². The number of hydrogen-bond acceptors (Lipinski definition) is 4. The average Bonchev–Trinajstić information content (AvgIpc) is 2.81. The highest BCUT2D eigenvalue weighted by molar-refractivity contribution is 7.90. The Labute approximate surface area is 166 Å². The van der Waals surface area contributed by atoms with Gasteiger partial charge < -0.3 is 4.74 Å².